The molecule has 0 aliphatic heterocycles. The van der Waals surface area contributed by atoms with Gasteiger partial charge in [-0.05, 0) is 41.8 Å². The van der Waals surface area contributed by atoms with E-state index in [4.69, 9.17) is 4.74 Å². The monoisotopic (exact) mass is 287 g/mol. The van der Waals surface area contributed by atoms with Crippen molar-refractivity contribution in [2.45, 2.75) is 33.4 Å². The van der Waals surface area contributed by atoms with E-state index >= 15 is 0 Å². The van der Waals surface area contributed by atoms with Gasteiger partial charge in [0, 0.05) is 12.6 Å². The van der Waals surface area contributed by atoms with E-state index in [0.717, 1.165) is 24.1 Å². The molecule has 0 aromatic heterocycles. The van der Waals surface area contributed by atoms with Crippen LogP contribution in [0.1, 0.15) is 30.5 Å². The van der Waals surface area contributed by atoms with Gasteiger partial charge in [-0.1, -0.05) is 38.1 Å². The smallest absolute Gasteiger partial charge is 0.127 e. The zero-order valence-corrected chi connectivity index (χ0v) is 12.7. The summed E-state index contributed by atoms with van der Waals surface area (Å²) in [5.41, 5.74) is 3.29. The van der Waals surface area contributed by atoms with Crippen LogP contribution in [-0.4, -0.2) is 6.54 Å². The Morgan fingerprint density at radius 2 is 1.67 bits per heavy atom. The fraction of sp³-hybridized carbons (Fsp3) is 0.333. The average Bonchev–Trinajstić information content (AvgIpc) is 2.51. The van der Waals surface area contributed by atoms with Gasteiger partial charge < -0.3 is 10.1 Å². The highest BCUT2D eigenvalue weighted by Gasteiger charge is 2.03. The van der Waals surface area contributed by atoms with Crippen molar-refractivity contribution in [3.8, 4) is 5.75 Å². The minimum atomic E-state index is -0.262. The first-order valence-corrected chi connectivity index (χ1v) is 7.42. The number of hydrogen-bond acceptors (Lipinski definition) is 2. The molecular weight excluding hydrogens is 265 g/mol. The summed E-state index contributed by atoms with van der Waals surface area (Å²) >= 11 is 0. The first kappa shape index (κ1) is 15.5. The van der Waals surface area contributed by atoms with Crippen molar-refractivity contribution in [3.63, 3.8) is 0 Å². The third kappa shape index (κ3) is 4.87. The summed E-state index contributed by atoms with van der Waals surface area (Å²) in [4.78, 5) is 0. The molecule has 0 aliphatic rings. The van der Waals surface area contributed by atoms with E-state index in [1.165, 1.54) is 17.7 Å². The van der Waals surface area contributed by atoms with Crippen LogP contribution in [0.15, 0.2) is 42.5 Å². The van der Waals surface area contributed by atoms with E-state index < -0.39 is 0 Å². The van der Waals surface area contributed by atoms with Crippen molar-refractivity contribution in [3.05, 3.63) is 65.0 Å². The van der Waals surface area contributed by atoms with Gasteiger partial charge in [0.05, 0.1) is 0 Å². The third-order valence-corrected chi connectivity index (χ3v) is 3.35. The molecule has 2 aromatic rings. The molecule has 0 bridgehead atoms. The molecule has 1 N–H and O–H groups in total. The second kappa shape index (κ2) is 7.79. The number of ether oxygens (including phenoxy) is 1. The fourth-order valence-electron chi connectivity index (χ4n) is 2.11. The van der Waals surface area contributed by atoms with Crippen molar-refractivity contribution in [1.29, 1.82) is 0 Å². The Hall–Kier alpha value is -1.87. The average molecular weight is 287 g/mol. The highest BCUT2D eigenvalue weighted by molar-refractivity contribution is 5.30. The first-order valence-electron chi connectivity index (χ1n) is 7.42. The molecule has 0 saturated heterocycles. The summed E-state index contributed by atoms with van der Waals surface area (Å²) in [7, 11) is 0. The van der Waals surface area contributed by atoms with Crippen molar-refractivity contribution in [1.82, 2.24) is 5.32 Å². The SMILES string of the molecule is CCNCc1cc(F)cc(OCc2ccc(CC)cc2)c1. The fourth-order valence-corrected chi connectivity index (χ4v) is 2.11. The van der Waals surface area contributed by atoms with Gasteiger partial charge in [-0.15, -0.1) is 0 Å². The lowest BCUT2D eigenvalue weighted by molar-refractivity contribution is 0.304. The topological polar surface area (TPSA) is 21.3 Å². The molecule has 2 rings (SSSR count). The molecule has 0 radical (unpaired) electrons. The lowest BCUT2D eigenvalue weighted by Gasteiger charge is -2.09. The minimum Gasteiger partial charge on any atom is -0.489 e. The Balaban J connectivity index is 1.99. The number of rotatable bonds is 7. The molecule has 0 saturated carbocycles. The molecule has 0 aliphatic carbocycles. The Morgan fingerprint density at radius 3 is 2.33 bits per heavy atom. The number of halogens is 1. The maximum absolute atomic E-state index is 13.6. The molecule has 112 valence electrons. The van der Waals surface area contributed by atoms with Crippen LogP contribution in [0.5, 0.6) is 5.75 Å². The Morgan fingerprint density at radius 1 is 0.952 bits per heavy atom. The molecule has 3 heteroatoms. The van der Waals surface area contributed by atoms with E-state index in [0.29, 0.717) is 18.9 Å². The zero-order valence-electron chi connectivity index (χ0n) is 12.7. The first-order chi connectivity index (χ1) is 10.2. The minimum absolute atomic E-state index is 0.262. The molecule has 0 unspecified atom stereocenters. The Labute approximate surface area is 126 Å². The maximum Gasteiger partial charge on any atom is 0.127 e. The van der Waals surface area contributed by atoms with Gasteiger partial charge in [-0.2, -0.15) is 0 Å². The molecule has 0 fully saturated rings. The van der Waals surface area contributed by atoms with Crippen LogP contribution in [-0.2, 0) is 19.6 Å². The van der Waals surface area contributed by atoms with Crippen LogP contribution >= 0.6 is 0 Å². The van der Waals surface area contributed by atoms with Crippen molar-refractivity contribution < 1.29 is 9.13 Å². The normalized spacial score (nSPS) is 10.6. The number of nitrogens with one attached hydrogen (secondary N) is 1. The van der Waals surface area contributed by atoms with Crippen molar-refractivity contribution >= 4 is 0 Å². The molecule has 0 heterocycles. The second-order valence-electron chi connectivity index (χ2n) is 5.03. The summed E-state index contributed by atoms with van der Waals surface area (Å²) in [6.07, 6.45) is 1.03. The standard InChI is InChI=1S/C18H22FNO/c1-3-14-5-7-15(8-6-14)13-21-18-10-16(12-20-4-2)9-17(19)11-18/h5-11,20H,3-4,12-13H2,1-2H3. The molecular formula is C18H22FNO. The lowest BCUT2D eigenvalue weighted by atomic mass is 10.1. The van der Waals surface area contributed by atoms with Crippen LogP contribution in [0.25, 0.3) is 0 Å². The van der Waals surface area contributed by atoms with E-state index in [9.17, 15) is 4.39 Å². The van der Waals surface area contributed by atoms with E-state index in [1.807, 2.05) is 13.0 Å². The molecule has 0 atom stereocenters. The molecule has 2 aromatic carbocycles. The second-order valence-corrected chi connectivity index (χ2v) is 5.03. The van der Waals surface area contributed by atoms with Gasteiger partial charge in [0.15, 0.2) is 0 Å². The molecule has 2 nitrogen and oxygen atoms in total. The van der Waals surface area contributed by atoms with Gasteiger partial charge in [-0.25, -0.2) is 4.39 Å². The van der Waals surface area contributed by atoms with Crippen LogP contribution in [0.4, 0.5) is 4.39 Å². The number of benzene rings is 2. The predicted molar refractivity (Wildman–Crippen MR) is 83.9 cm³/mol. The van der Waals surface area contributed by atoms with Crippen LogP contribution in [0, 0.1) is 5.82 Å². The maximum atomic E-state index is 13.6. The van der Waals surface area contributed by atoms with E-state index in [2.05, 4.69) is 36.5 Å². The summed E-state index contributed by atoms with van der Waals surface area (Å²) in [5, 5.41) is 3.18. The summed E-state index contributed by atoms with van der Waals surface area (Å²) in [6, 6.07) is 13.1. The summed E-state index contributed by atoms with van der Waals surface area (Å²) in [6.45, 7) is 6.11. The van der Waals surface area contributed by atoms with Crippen LogP contribution in [0.3, 0.4) is 0 Å². The number of hydrogen-bond donors (Lipinski definition) is 1. The third-order valence-electron chi connectivity index (χ3n) is 3.35. The predicted octanol–water partition coefficient (Wildman–Crippen LogP) is 4.08. The molecule has 0 amide bonds. The van der Waals surface area contributed by atoms with E-state index in [-0.39, 0.29) is 5.82 Å². The van der Waals surface area contributed by atoms with Gasteiger partial charge in [0.25, 0.3) is 0 Å². The zero-order chi connectivity index (χ0) is 15.1. The Kier molecular flexibility index (Phi) is 5.76. The van der Waals surface area contributed by atoms with Crippen molar-refractivity contribution in [2.24, 2.45) is 0 Å². The molecule has 0 spiro atoms. The summed E-state index contributed by atoms with van der Waals surface area (Å²) in [5.74, 6) is 0.309. The highest BCUT2D eigenvalue weighted by Crippen LogP contribution is 2.18. The largest absolute Gasteiger partial charge is 0.489 e. The number of aryl methyl sites for hydroxylation is 1. The highest BCUT2D eigenvalue weighted by atomic mass is 19.1. The van der Waals surface area contributed by atoms with Crippen LogP contribution < -0.4 is 10.1 Å². The van der Waals surface area contributed by atoms with Crippen LogP contribution in [0.2, 0.25) is 0 Å². The quantitative estimate of drug-likeness (QED) is 0.828. The molecule has 21 heavy (non-hydrogen) atoms. The van der Waals surface area contributed by atoms with Gasteiger partial charge >= 0.3 is 0 Å². The van der Waals surface area contributed by atoms with E-state index in [1.54, 1.807) is 0 Å². The lowest BCUT2D eigenvalue weighted by Crippen LogP contribution is -2.12. The van der Waals surface area contributed by atoms with Gasteiger partial charge in [0.1, 0.15) is 18.2 Å². The van der Waals surface area contributed by atoms with Gasteiger partial charge in [-0.3, -0.25) is 0 Å². The Bertz CT molecular complexity index is 566. The summed E-state index contributed by atoms with van der Waals surface area (Å²) < 4.78 is 19.3. The van der Waals surface area contributed by atoms with Gasteiger partial charge in [0.2, 0.25) is 0 Å². The van der Waals surface area contributed by atoms with Crippen molar-refractivity contribution in [2.75, 3.05) is 6.54 Å².